The highest BCUT2D eigenvalue weighted by molar-refractivity contribution is 7.93. The Bertz CT molecular complexity index is 770. The van der Waals surface area contributed by atoms with E-state index >= 15 is 0 Å². The van der Waals surface area contributed by atoms with Gasteiger partial charge >= 0.3 is 5.97 Å². The first-order valence-electron chi connectivity index (χ1n) is 5.28. The van der Waals surface area contributed by atoms with Gasteiger partial charge in [-0.1, -0.05) is 11.6 Å². The number of pyridine rings is 1. The van der Waals surface area contributed by atoms with Crippen LogP contribution in [0.2, 0.25) is 5.15 Å². The van der Waals surface area contributed by atoms with E-state index in [1.165, 1.54) is 18.3 Å². The third-order valence-corrected chi connectivity index (χ3v) is 5.23. The lowest BCUT2D eigenvalue weighted by atomic mass is 10.4. The minimum Gasteiger partial charge on any atom is -0.477 e. The Kier molecular flexibility index (Phi) is 3.98. The molecule has 0 unspecified atom stereocenters. The Morgan fingerprint density at radius 1 is 1.45 bits per heavy atom. The van der Waals surface area contributed by atoms with E-state index < -0.39 is 16.0 Å². The van der Waals surface area contributed by atoms with Crippen LogP contribution in [0.4, 0.5) is 5.69 Å². The summed E-state index contributed by atoms with van der Waals surface area (Å²) in [6.07, 6.45) is 1.36. The second-order valence-corrected chi connectivity index (χ2v) is 7.10. The van der Waals surface area contributed by atoms with Crippen LogP contribution in [0.15, 0.2) is 29.3 Å². The molecule has 0 aliphatic carbocycles. The van der Waals surface area contributed by atoms with Crippen molar-refractivity contribution in [3.8, 4) is 0 Å². The van der Waals surface area contributed by atoms with Crippen LogP contribution in [0.5, 0.6) is 0 Å². The van der Waals surface area contributed by atoms with Crippen molar-refractivity contribution in [1.82, 2.24) is 4.98 Å². The van der Waals surface area contributed by atoms with Gasteiger partial charge in [-0.25, -0.2) is 18.2 Å². The van der Waals surface area contributed by atoms with Gasteiger partial charge in [0.1, 0.15) is 14.9 Å². The average molecular weight is 333 g/mol. The summed E-state index contributed by atoms with van der Waals surface area (Å²) in [5.41, 5.74) is 0.257. The van der Waals surface area contributed by atoms with Gasteiger partial charge in [0.25, 0.3) is 10.0 Å². The fourth-order valence-electron chi connectivity index (χ4n) is 1.51. The molecule has 0 spiro atoms. The topological polar surface area (TPSA) is 96.4 Å². The number of nitrogens with zero attached hydrogens (tertiary/aromatic N) is 1. The monoisotopic (exact) mass is 332 g/mol. The molecule has 0 amide bonds. The minimum absolute atomic E-state index is 0.0318. The Labute approximate surface area is 124 Å². The van der Waals surface area contributed by atoms with Crippen LogP contribution in [0.3, 0.4) is 0 Å². The third-order valence-electron chi connectivity index (χ3n) is 2.35. The number of hydrogen-bond acceptors (Lipinski definition) is 5. The van der Waals surface area contributed by atoms with E-state index in [1.54, 1.807) is 6.92 Å². The zero-order chi connectivity index (χ0) is 14.9. The van der Waals surface area contributed by atoms with Crippen LogP contribution in [-0.4, -0.2) is 24.5 Å². The number of anilines is 1. The molecule has 0 aromatic carbocycles. The van der Waals surface area contributed by atoms with Crippen LogP contribution in [0.1, 0.15) is 14.5 Å². The number of thiophene rings is 1. The highest BCUT2D eigenvalue weighted by Crippen LogP contribution is 2.27. The average Bonchev–Trinajstić information content (AvgIpc) is 2.71. The minimum atomic E-state index is -3.86. The van der Waals surface area contributed by atoms with Crippen LogP contribution in [0.25, 0.3) is 0 Å². The number of aromatic carboxylic acids is 1. The fraction of sp³-hybridized carbons (Fsp3) is 0.0909. The number of carbonyl (C=O) groups is 1. The van der Waals surface area contributed by atoms with Crippen molar-refractivity contribution < 1.29 is 18.3 Å². The number of rotatable bonds is 4. The third kappa shape index (κ3) is 3.09. The Morgan fingerprint density at radius 2 is 2.15 bits per heavy atom. The predicted octanol–water partition coefficient (Wildman–Crippen LogP) is 2.60. The summed E-state index contributed by atoms with van der Waals surface area (Å²) >= 11 is 6.58. The van der Waals surface area contributed by atoms with E-state index in [1.807, 2.05) is 0 Å². The van der Waals surface area contributed by atoms with Gasteiger partial charge in [-0.05, 0) is 25.1 Å². The molecule has 0 atom stereocenters. The molecule has 2 heterocycles. The summed E-state index contributed by atoms with van der Waals surface area (Å²) < 4.78 is 26.7. The van der Waals surface area contributed by atoms with Crippen molar-refractivity contribution in [2.24, 2.45) is 0 Å². The van der Waals surface area contributed by atoms with Crippen molar-refractivity contribution >= 4 is 44.6 Å². The molecule has 0 saturated carbocycles. The molecule has 2 aromatic rings. The quantitative estimate of drug-likeness (QED) is 0.839. The molecule has 20 heavy (non-hydrogen) atoms. The molecule has 2 rings (SSSR count). The van der Waals surface area contributed by atoms with Gasteiger partial charge in [-0.15, -0.1) is 11.3 Å². The van der Waals surface area contributed by atoms with Crippen molar-refractivity contribution in [3.63, 3.8) is 0 Å². The number of carboxylic acids is 1. The Hall–Kier alpha value is -1.64. The number of nitrogens with one attached hydrogen (secondary N) is 1. The number of aryl methyl sites for hydroxylation is 1. The molecule has 0 bridgehead atoms. The maximum Gasteiger partial charge on any atom is 0.345 e. The van der Waals surface area contributed by atoms with E-state index in [0.717, 1.165) is 17.4 Å². The van der Waals surface area contributed by atoms with E-state index in [2.05, 4.69) is 9.71 Å². The van der Waals surface area contributed by atoms with Crippen molar-refractivity contribution in [2.75, 3.05) is 4.72 Å². The second kappa shape index (κ2) is 5.39. The first-order valence-corrected chi connectivity index (χ1v) is 7.95. The van der Waals surface area contributed by atoms with Crippen LogP contribution in [-0.2, 0) is 10.0 Å². The number of sulfonamides is 1. The molecule has 0 radical (unpaired) electrons. The molecular weight excluding hydrogens is 324 g/mol. The summed E-state index contributed by atoms with van der Waals surface area (Å²) in [6.45, 7) is 1.55. The largest absolute Gasteiger partial charge is 0.477 e. The summed E-state index contributed by atoms with van der Waals surface area (Å²) in [6, 6.07) is 3.94. The molecule has 0 aliphatic heterocycles. The lowest BCUT2D eigenvalue weighted by Crippen LogP contribution is -2.13. The van der Waals surface area contributed by atoms with Gasteiger partial charge in [-0.2, -0.15) is 0 Å². The fourth-order valence-corrected chi connectivity index (χ4v) is 4.17. The van der Waals surface area contributed by atoms with Gasteiger partial charge in [0, 0.05) is 11.1 Å². The predicted molar refractivity (Wildman–Crippen MR) is 76.1 cm³/mol. The molecule has 2 aromatic heterocycles. The van der Waals surface area contributed by atoms with Crippen molar-refractivity contribution in [2.45, 2.75) is 11.8 Å². The standard InChI is InChI=1S/C11H9ClN2O4S2/c1-6-9(5-8(19-6)11(15)16)20(17,18)14-7-2-3-13-10(12)4-7/h2-5H,1H3,(H,13,14)(H,15,16). The maximum absolute atomic E-state index is 12.2. The summed E-state index contributed by atoms with van der Waals surface area (Å²) in [5.74, 6) is -1.16. The molecule has 0 saturated heterocycles. The van der Waals surface area contributed by atoms with E-state index in [0.29, 0.717) is 4.88 Å². The zero-order valence-electron chi connectivity index (χ0n) is 10.1. The lowest BCUT2D eigenvalue weighted by Gasteiger charge is -2.07. The Balaban J connectivity index is 2.38. The number of aromatic nitrogens is 1. The van der Waals surface area contributed by atoms with Gasteiger partial charge in [-0.3, -0.25) is 4.72 Å². The molecule has 0 fully saturated rings. The highest BCUT2D eigenvalue weighted by Gasteiger charge is 2.22. The SMILES string of the molecule is Cc1sc(C(=O)O)cc1S(=O)(=O)Nc1ccnc(Cl)c1. The Morgan fingerprint density at radius 3 is 2.70 bits per heavy atom. The van der Waals surface area contributed by atoms with Crippen LogP contribution < -0.4 is 4.72 Å². The normalized spacial score (nSPS) is 11.3. The molecule has 6 nitrogen and oxygen atoms in total. The lowest BCUT2D eigenvalue weighted by molar-refractivity contribution is 0.0702. The van der Waals surface area contributed by atoms with Crippen molar-refractivity contribution in [3.05, 3.63) is 39.3 Å². The second-order valence-electron chi connectivity index (χ2n) is 3.81. The summed E-state index contributed by atoms with van der Waals surface area (Å²) in [7, 11) is -3.86. The number of carboxylic acid groups (broad SMARTS) is 1. The van der Waals surface area contributed by atoms with E-state index in [4.69, 9.17) is 16.7 Å². The molecule has 106 valence electrons. The molecule has 2 N–H and O–H groups in total. The summed E-state index contributed by atoms with van der Waals surface area (Å²) in [5, 5.41) is 9.04. The smallest absolute Gasteiger partial charge is 0.345 e. The van der Waals surface area contributed by atoms with E-state index in [-0.39, 0.29) is 20.6 Å². The molecule has 9 heteroatoms. The maximum atomic E-state index is 12.2. The van der Waals surface area contributed by atoms with Gasteiger partial charge < -0.3 is 5.11 Å². The first kappa shape index (κ1) is 14.8. The molecular formula is C11H9ClN2O4S2. The highest BCUT2D eigenvalue weighted by atomic mass is 35.5. The zero-order valence-corrected chi connectivity index (χ0v) is 12.5. The van der Waals surface area contributed by atoms with Gasteiger partial charge in [0.05, 0.1) is 5.69 Å². The first-order chi connectivity index (χ1) is 9.29. The van der Waals surface area contributed by atoms with Crippen molar-refractivity contribution in [1.29, 1.82) is 0 Å². The van der Waals surface area contributed by atoms with E-state index in [9.17, 15) is 13.2 Å². The van der Waals surface area contributed by atoms with Crippen LogP contribution in [0, 0.1) is 6.92 Å². The number of halogens is 1. The summed E-state index contributed by atoms with van der Waals surface area (Å²) in [4.78, 5) is 14.9. The van der Waals surface area contributed by atoms with Gasteiger partial charge in [0.2, 0.25) is 0 Å². The van der Waals surface area contributed by atoms with Gasteiger partial charge in [0.15, 0.2) is 0 Å². The number of hydrogen-bond donors (Lipinski definition) is 2. The molecule has 0 aliphatic rings. The van der Waals surface area contributed by atoms with Crippen LogP contribution >= 0.6 is 22.9 Å².